The van der Waals surface area contributed by atoms with Gasteiger partial charge in [-0.05, 0) is 113 Å². The van der Waals surface area contributed by atoms with Crippen LogP contribution < -0.4 is 17.0 Å². The smallest absolute Gasteiger partial charge is 0.247 e. The molecule has 236 valence electrons. The van der Waals surface area contributed by atoms with Crippen molar-refractivity contribution in [3.8, 4) is 0 Å². The Morgan fingerprint density at radius 1 is 0.643 bits per heavy atom. The highest BCUT2D eigenvalue weighted by Gasteiger charge is 2.29. The number of carbonyl (C=O) groups is 2. The molecule has 0 unspecified atom stereocenters. The van der Waals surface area contributed by atoms with Crippen LogP contribution in [0.25, 0.3) is 0 Å². The Hall–Kier alpha value is -1.12. The van der Waals surface area contributed by atoms with Gasteiger partial charge in [0.1, 0.15) is 6.54 Å². The number of hydrogen-bond acceptors (Lipinski definition) is 5. The summed E-state index contributed by atoms with van der Waals surface area (Å²) >= 11 is 2.85. The molecule has 0 N–H and O–H groups in total. The second-order valence-electron chi connectivity index (χ2n) is 11.8. The van der Waals surface area contributed by atoms with Crippen molar-refractivity contribution < 1.29 is 31.1 Å². The van der Waals surface area contributed by atoms with E-state index in [9.17, 15) is 9.59 Å². The van der Waals surface area contributed by atoms with Crippen molar-refractivity contribution in [3.05, 3.63) is 58.7 Å². The van der Waals surface area contributed by atoms with Gasteiger partial charge in [0, 0.05) is 9.79 Å². The van der Waals surface area contributed by atoms with Crippen LogP contribution in [0.5, 0.6) is 0 Å². The lowest BCUT2D eigenvalue weighted by Gasteiger charge is -2.38. The topological polar surface area (TPSA) is 37.4 Å². The standard InChI is InChI=1S/C35H55N2O2S2.BrH/c1-8-21-36(26-32(38)40-34-28(4)17-15-18-29(34)5)22-13-11-12-14-25-37(23-9-2,24-10-3)27-33(39)41-35-30(6)19-16-20-31(35)7;/h15-20H,8-14,21-27H2,1-7H3;1H/q+1;/p-1. The molecule has 0 radical (unpaired) electrons. The molecular formula is C35H55BrN2O2S2. The molecule has 0 aliphatic rings. The number of rotatable bonds is 19. The molecule has 0 saturated heterocycles. The maximum Gasteiger partial charge on any atom is 0.247 e. The van der Waals surface area contributed by atoms with Crippen molar-refractivity contribution in [2.24, 2.45) is 0 Å². The van der Waals surface area contributed by atoms with Gasteiger partial charge in [0.2, 0.25) is 10.2 Å². The van der Waals surface area contributed by atoms with E-state index in [1.165, 1.54) is 58.6 Å². The van der Waals surface area contributed by atoms with E-state index in [1.54, 1.807) is 0 Å². The molecule has 0 aliphatic carbocycles. The molecule has 0 heterocycles. The minimum atomic E-state index is 0. The maximum absolute atomic E-state index is 13.3. The van der Waals surface area contributed by atoms with E-state index in [0.29, 0.717) is 18.2 Å². The van der Waals surface area contributed by atoms with Gasteiger partial charge in [-0.3, -0.25) is 14.5 Å². The number of unbranched alkanes of at least 4 members (excludes halogenated alkanes) is 3. The van der Waals surface area contributed by atoms with Gasteiger partial charge in [0.25, 0.3) is 0 Å². The van der Waals surface area contributed by atoms with Crippen LogP contribution in [0.2, 0.25) is 0 Å². The van der Waals surface area contributed by atoms with Crippen LogP contribution in [-0.2, 0) is 9.59 Å². The summed E-state index contributed by atoms with van der Waals surface area (Å²) in [6.07, 6.45) is 7.87. The average molecular weight is 680 g/mol. The lowest BCUT2D eigenvalue weighted by Crippen LogP contribution is -3.00. The average Bonchev–Trinajstić information content (AvgIpc) is 2.91. The van der Waals surface area contributed by atoms with Crippen molar-refractivity contribution in [3.63, 3.8) is 0 Å². The largest absolute Gasteiger partial charge is 1.00 e. The Bertz CT molecular complexity index is 1060. The number of carbonyl (C=O) groups excluding carboxylic acids is 2. The predicted molar refractivity (Wildman–Crippen MR) is 179 cm³/mol. The molecular weight excluding hydrogens is 624 g/mol. The summed E-state index contributed by atoms with van der Waals surface area (Å²) in [5.41, 5.74) is 4.73. The number of benzene rings is 2. The minimum Gasteiger partial charge on any atom is -1.00 e. The third kappa shape index (κ3) is 13.3. The number of thioether (sulfide) groups is 2. The van der Waals surface area contributed by atoms with Crippen molar-refractivity contribution in [1.82, 2.24) is 4.90 Å². The second-order valence-corrected chi connectivity index (χ2v) is 13.9. The molecule has 2 aromatic rings. The van der Waals surface area contributed by atoms with Crippen LogP contribution in [0, 0.1) is 27.7 Å². The molecule has 0 aliphatic heterocycles. The summed E-state index contributed by atoms with van der Waals surface area (Å²) in [6, 6.07) is 12.5. The summed E-state index contributed by atoms with van der Waals surface area (Å²) in [5.74, 6) is 0. The number of aryl methyl sites for hydroxylation is 4. The van der Waals surface area contributed by atoms with Crippen LogP contribution in [-0.4, -0.2) is 65.4 Å². The highest BCUT2D eigenvalue weighted by atomic mass is 79.9. The van der Waals surface area contributed by atoms with Crippen LogP contribution in [0.1, 0.15) is 88.0 Å². The molecule has 0 fully saturated rings. The predicted octanol–water partition coefficient (Wildman–Crippen LogP) is 5.77. The first-order valence-electron chi connectivity index (χ1n) is 15.8. The second kappa shape index (κ2) is 20.8. The number of nitrogens with zero attached hydrogens (tertiary/aromatic N) is 2. The lowest BCUT2D eigenvalue weighted by molar-refractivity contribution is -0.920. The fraction of sp³-hybridized carbons (Fsp3) is 0.600. The van der Waals surface area contributed by atoms with Gasteiger partial charge in [-0.1, -0.05) is 75.4 Å². The van der Waals surface area contributed by atoms with Gasteiger partial charge < -0.3 is 21.5 Å². The first-order valence-corrected chi connectivity index (χ1v) is 17.4. The Labute approximate surface area is 276 Å². The van der Waals surface area contributed by atoms with Gasteiger partial charge in [-0.25, -0.2) is 0 Å². The van der Waals surface area contributed by atoms with Crippen LogP contribution >= 0.6 is 23.5 Å². The maximum atomic E-state index is 13.3. The summed E-state index contributed by atoms with van der Waals surface area (Å²) in [6.45, 7) is 21.3. The number of quaternary nitrogens is 1. The molecule has 0 amide bonds. The zero-order valence-corrected chi connectivity index (χ0v) is 30.5. The quantitative estimate of drug-likeness (QED) is 0.107. The van der Waals surface area contributed by atoms with E-state index < -0.39 is 0 Å². The van der Waals surface area contributed by atoms with Gasteiger partial charge in [-0.15, -0.1) is 0 Å². The highest BCUT2D eigenvalue weighted by Crippen LogP contribution is 2.29. The van der Waals surface area contributed by atoms with Crippen molar-refractivity contribution in [2.45, 2.75) is 103 Å². The normalized spacial score (nSPS) is 11.5. The third-order valence-corrected chi connectivity index (χ3v) is 10.3. The number of hydrogen-bond donors (Lipinski definition) is 0. The molecule has 7 heteroatoms. The zero-order valence-electron chi connectivity index (χ0n) is 27.3. The zero-order chi connectivity index (χ0) is 30.3. The summed E-state index contributed by atoms with van der Waals surface area (Å²) in [7, 11) is 0. The van der Waals surface area contributed by atoms with E-state index >= 15 is 0 Å². The van der Waals surface area contributed by atoms with Crippen LogP contribution in [0.15, 0.2) is 46.2 Å². The summed E-state index contributed by atoms with van der Waals surface area (Å²) in [5, 5.41) is 0.531. The lowest BCUT2D eigenvalue weighted by atomic mass is 10.1. The van der Waals surface area contributed by atoms with Gasteiger partial charge in [0.05, 0.1) is 26.2 Å². The van der Waals surface area contributed by atoms with Gasteiger partial charge in [0.15, 0.2) is 0 Å². The van der Waals surface area contributed by atoms with E-state index in [1.807, 2.05) is 0 Å². The van der Waals surface area contributed by atoms with E-state index in [-0.39, 0.29) is 22.1 Å². The first-order chi connectivity index (χ1) is 19.6. The van der Waals surface area contributed by atoms with Crippen molar-refractivity contribution in [1.29, 1.82) is 0 Å². The summed E-state index contributed by atoms with van der Waals surface area (Å²) in [4.78, 5) is 30.8. The van der Waals surface area contributed by atoms with Gasteiger partial charge in [-0.2, -0.15) is 0 Å². The van der Waals surface area contributed by atoms with Gasteiger partial charge >= 0.3 is 0 Å². The Morgan fingerprint density at radius 3 is 1.60 bits per heavy atom. The molecule has 0 aromatic heterocycles. The molecule has 2 aromatic carbocycles. The molecule has 4 nitrogen and oxygen atoms in total. The fourth-order valence-electron chi connectivity index (χ4n) is 5.91. The number of halogens is 1. The van der Waals surface area contributed by atoms with Crippen LogP contribution in [0.3, 0.4) is 0 Å². The Kier molecular flexibility index (Phi) is 19.2. The van der Waals surface area contributed by atoms with E-state index in [0.717, 1.165) is 79.1 Å². The monoisotopic (exact) mass is 678 g/mol. The fourth-order valence-corrected chi connectivity index (χ4v) is 7.87. The molecule has 42 heavy (non-hydrogen) atoms. The van der Waals surface area contributed by atoms with E-state index in [4.69, 9.17) is 0 Å². The SMILES string of the molecule is CCCN(CCCCCC[N+](CCC)(CCC)CC(=O)Sc1c(C)cccc1C)CC(=O)Sc1c(C)cccc1C.[Br-]. The molecule has 0 bridgehead atoms. The molecule has 0 atom stereocenters. The minimum absolute atomic E-state index is 0. The summed E-state index contributed by atoms with van der Waals surface area (Å²) < 4.78 is 0.912. The Balaban J connectivity index is 0.00000882. The van der Waals surface area contributed by atoms with E-state index in [2.05, 4.69) is 89.8 Å². The van der Waals surface area contributed by atoms with Crippen molar-refractivity contribution >= 4 is 33.8 Å². The van der Waals surface area contributed by atoms with Crippen LogP contribution in [0.4, 0.5) is 0 Å². The molecule has 0 saturated carbocycles. The Morgan fingerprint density at radius 2 is 1.12 bits per heavy atom. The molecule has 0 spiro atoms. The first kappa shape index (κ1) is 38.9. The molecule has 2 rings (SSSR count). The highest BCUT2D eigenvalue weighted by molar-refractivity contribution is 8.14. The van der Waals surface area contributed by atoms with Crippen molar-refractivity contribution in [2.75, 3.05) is 45.8 Å². The third-order valence-electron chi connectivity index (χ3n) is 7.86.